The number of rotatable bonds is 2. The first-order valence-electron chi connectivity index (χ1n) is 3.39. The molecule has 70 valence electrons. The van der Waals surface area contributed by atoms with Crippen LogP contribution in [0.25, 0.3) is 0 Å². The Morgan fingerprint density at radius 3 is 2.31 bits per heavy atom. The molecule has 1 aromatic rings. The zero-order chi connectivity index (χ0) is 10.0. The molecule has 0 aliphatic carbocycles. The minimum absolute atomic E-state index is 0.00426. The minimum atomic E-state index is -0.587. The van der Waals surface area contributed by atoms with Gasteiger partial charge in [0.25, 0.3) is 5.69 Å². The minimum Gasteiger partial charge on any atom is -0.326 e. The highest BCUT2D eigenvalue weighted by molar-refractivity contribution is 6.35. The maximum atomic E-state index is 10.6. The molecule has 0 atom stereocenters. The van der Waals surface area contributed by atoms with E-state index in [4.69, 9.17) is 28.9 Å². The van der Waals surface area contributed by atoms with E-state index in [1.807, 2.05) is 0 Å². The molecule has 6 heteroatoms. The van der Waals surface area contributed by atoms with Gasteiger partial charge < -0.3 is 5.73 Å². The van der Waals surface area contributed by atoms with Crippen LogP contribution in [0.5, 0.6) is 0 Å². The van der Waals surface area contributed by atoms with Gasteiger partial charge in [-0.2, -0.15) is 0 Å². The maximum Gasteiger partial charge on any atom is 0.293 e. The van der Waals surface area contributed by atoms with Crippen LogP contribution in [-0.4, -0.2) is 4.92 Å². The van der Waals surface area contributed by atoms with Gasteiger partial charge in [0.15, 0.2) is 0 Å². The van der Waals surface area contributed by atoms with Crippen molar-refractivity contribution in [2.24, 2.45) is 5.73 Å². The second kappa shape index (κ2) is 3.91. The lowest BCUT2D eigenvalue weighted by molar-refractivity contribution is -0.385. The highest BCUT2D eigenvalue weighted by Gasteiger charge is 2.19. The fourth-order valence-corrected chi connectivity index (χ4v) is 1.45. The Hall–Kier alpha value is -0.840. The van der Waals surface area contributed by atoms with E-state index in [0.717, 1.165) is 0 Å². The van der Waals surface area contributed by atoms with Crippen LogP contribution in [0.2, 0.25) is 10.0 Å². The van der Waals surface area contributed by atoms with E-state index < -0.39 is 4.92 Å². The maximum absolute atomic E-state index is 10.6. The number of nitrogens with two attached hydrogens (primary N) is 1. The molecule has 0 saturated heterocycles. The topological polar surface area (TPSA) is 69.2 Å². The van der Waals surface area contributed by atoms with Crippen molar-refractivity contribution in [1.29, 1.82) is 0 Å². The van der Waals surface area contributed by atoms with E-state index in [1.165, 1.54) is 12.1 Å². The van der Waals surface area contributed by atoms with Gasteiger partial charge in [0, 0.05) is 6.54 Å². The van der Waals surface area contributed by atoms with Gasteiger partial charge in [-0.1, -0.05) is 23.2 Å². The summed E-state index contributed by atoms with van der Waals surface area (Å²) in [5.41, 5.74) is 5.36. The third kappa shape index (κ3) is 1.91. The third-order valence-corrected chi connectivity index (χ3v) is 2.22. The van der Waals surface area contributed by atoms with E-state index in [9.17, 15) is 10.1 Å². The molecule has 0 amide bonds. The van der Waals surface area contributed by atoms with Gasteiger partial charge in [-0.15, -0.1) is 0 Å². The van der Waals surface area contributed by atoms with Crippen molar-refractivity contribution in [1.82, 2.24) is 0 Å². The molecule has 0 bridgehead atoms. The summed E-state index contributed by atoms with van der Waals surface area (Å²) >= 11 is 11.3. The molecule has 1 rings (SSSR count). The van der Waals surface area contributed by atoms with Crippen LogP contribution in [0.3, 0.4) is 0 Å². The first kappa shape index (κ1) is 10.2. The summed E-state index contributed by atoms with van der Waals surface area (Å²) in [5.74, 6) is 0. The van der Waals surface area contributed by atoms with Crippen LogP contribution in [0.4, 0.5) is 5.69 Å². The van der Waals surface area contributed by atoms with Gasteiger partial charge >= 0.3 is 0 Å². The van der Waals surface area contributed by atoms with Crippen molar-refractivity contribution in [3.05, 3.63) is 37.9 Å². The van der Waals surface area contributed by atoms with Gasteiger partial charge in [-0.25, -0.2) is 0 Å². The van der Waals surface area contributed by atoms with Gasteiger partial charge in [0.05, 0.1) is 15.5 Å². The number of hydrogen-bond acceptors (Lipinski definition) is 3. The van der Waals surface area contributed by atoms with Gasteiger partial charge in [0.2, 0.25) is 0 Å². The lowest BCUT2D eigenvalue weighted by Crippen LogP contribution is -2.03. The van der Waals surface area contributed by atoms with E-state index in [1.54, 1.807) is 0 Å². The monoisotopic (exact) mass is 220 g/mol. The van der Waals surface area contributed by atoms with Gasteiger partial charge in [0.1, 0.15) is 5.02 Å². The number of hydrogen-bond donors (Lipinski definition) is 1. The van der Waals surface area contributed by atoms with Gasteiger partial charge in [-0.05, 0) is 12.1 Å². The molecule has 0 aliphatic heterocycles. The summed E-state index contributed by atoms with van der Waals surface area (Å²) in [4.78, 5) is 9.97. The van der Waals surface area contributed by atoms with E-state index in [2.05, 4.69) is 0 Å². The predicted octanol–water partition coefficient (Wildman–Crippen LogP) is 2.36. The Bertz CT molecular complexity index is 355. The second-order valence-corrected chi connectivity index (χ2v) is 3.13. The molecule has 4 nitrogen and oxygen atoms in total. The molecule has 13 heavy (non-hydrogen) atoms. The summed E-state index contributed by atoms with van der Waals surface area (Å²) < 4.78 is 0. The fourth-order valence-electron chi connectivity index (χ4n) is 0.975. The average Bonchev–Trinajstić information content (AvgIpc) is 2.07. The Morgan fingerprint density at radius 2 is 1.92 bits per heavy atom. The second-order valence-electron chi connectivity index (χ2n) is 2.32. The summed E-state index contributed by atoms with van der Waals surface area (Å²) in [6.07, 6.45) is 0. The Balaban J connectivity index is 3.43. The van der Waals surface area contributed by atoms with Crippen LogP contribution in [-0.2, 0) is 6.54 Å². The quantitative estimate of drug-likeness (QED) is 0.615. The highest BCUT2D eigenvalue weighted by atomic mass is 35.5. The van der Waals surface area contributed by atoms with Crippen molar-refractivity contribution in [3.63, 3.8) is 0 Å². The zero-order valence-electron chi connectivity index (χ0n) is 6.46. The fraction of sp³-hybridized carbons (Fsp3) is 0.143. The van der Waals surface area contributed by atoms with Crippen molar-refractivity contribution in [3.8, 4) is 0 Å². The molecule has 2 N–H and O–H groups in total. The lowest BCUT2D eigenvalue weighted by atomic mass is 10.2. The zero-order valence-corrected chi connectivity index (χ0v) is 7.97. The summed E-state index contributed by atoms with van der Waals surface area (Å²) in [7, 11) is 0. The molecule has 0 aromatic heterocycles. The van der Waals surface area contributed by atoms with Crippen LogP contribution >= 0.6 is 23.2 Å². The lowest BCUT2D eigenvalue weighted by Gasteiger charge is -2.03. The van der Waals surface area contributed by atoms with Crippen LogP contribution in [0, 0.1) is 10.1 Å². The number of halogens is 2. The summed E-state index contributed by atoms with van der Waals surface area (Å²) in [6, 6.07) is 2.86. The molecular formula is C7H6Cl2N2O2. The third-order valence-electron chi connectivity index (χ3n) is 1.56. The summed E-state index contributed by atoms with van der Waals surface area (Å²) in [5, 5.41) is 10.9. The largest absolute Gasteiger partial charge is 0.326 e. The molecule has 0 aliphatic rings. The van der Waals surface area contributed by atoms with Crippen LogP contribution in [0.15, 0.2) is 12.1 Å². The molecular weight excluding hydrogens is 215 g/mol. The number of benzene rings is 1. The molecule has 1 aromatic carbocycles. The van der Waals surface area contributed by atoms with E-state index in [0.29, 0.717) is 0 Å². The first-order valence-corrected chi connectivity index (χ1v) is 4.15. The van der Waals surface area contributed by atoms with Crippen molar-refractivity contribution in [2.75, 3.05) is 0 Å². The molecule has 0 saturated carbocycles. The molecule has 0 spiro atoms. The Labute approximate surface area is 84.4 Å². The number of nitrogens with zero attached hydrogens (tertiary/aromatic N) is 1. The van der Waals surface area contributed by atoms with Crippen LogP contribution in [0.1, 0.15) is 5.56 Å². The SMILES string of the molecule is NCc1c(Cl)ccc(Cl)c1[N+](=O)[O-]. The van der Waals surface area contributed by atoms with E-state index >= 15 is 0 Å². The highest BCUT2D eigenvalue weighted by Crippen LogP contribution is 2.32. The van der Waals surface area contributed by atoms with Crippen molar-refractivity contribution in [2.45, 2.75) is 6.54 Å². The smallest absolute Gasteiger partial charge is 0.293 e. The van der Waals surface area contributed by atoms with Crippen LogP contribution < -0.4 is 5.73 Å². The van der Waals surface area contributed by atoms with Crippen molar-refractivity contribution < 1.29 is 4.92 Å². The van der Waals surface area contributed by atoms with Crippen molar-refractivity contribution >= 4 is 28.9 Å². The van der Waals surface area contributed by atoms with E-state index in [-0.39, 0.29) is 27.8 Å². The standard InChI is InChI=1S/C7H6Cl2N2O2/c8-5-1-2-6(9)7(11(12)13)4(5)3-10/h1-2H,3,10H2. The first-order chi connectivity index (χ1) is 6.07. The van der Waals surface area contributed by atoms with Gasteiger partial charge in [-0.3, -0.25) is 10.1 Å². The average molecular weight is 221 g/mol. The molecule has 0 fully saturated rings. The molecule has 0 radical (unpaired) electrons. The molecule has 0 unspecified atom stereocenters. The Kier molecular flexibility index (Phi) is 3.08. The predicted molar refractivity (Wildman–Crippen MR) is 51.0 cm³/mol. The number of nitro groups is 1. The Morgan fingerprint density at radius 1 is 1.38 bits per heavy atom. The normalized spacial score (nSPS) is 10.1. The summed E-state index contributed by atoms with van der Waals surface area (Å²) in [6.45, 7) is -0.00426. The number of nitro benzene ring substituents is 1. The molecule has 0 heterocycles.